The van der Waals surface area contributed by atoms with Gasteiger partial charge in [-0.2, -0.15) is 0 Å². The minimum absolute atomic E-state index is 0.0706. The number of nitrogens with zero attached hydrogens (tertiary/aromatic N) is 2. The molecule has 1 aliphatic heterocycles. The molecule has 0 saturated carbocycles. The number of hydrogen-bond donors (Lipinski definition) is 1. The maximum atomic E-state index is 12.9. The highest BCUT2D eigenvalue weighted by atomic mass is 19.1. The largest absolute Gasteiger partial charge is 0.379 e. The predicted octanol–water partition coefficient (Wildman–Crippen LogP) is 3.12. The molecule has 28 heavy (non-hydrogen) atoms. The molecule has 3 rings (SSSR count). The first-order valence-electron chi connectivity index (χ1n) is 9.95. The van der Waals surface area contributed by atoms with E-state index in [2.05, 4.69) is 21.3 Å². The summed E-state index contributed by atoms with van der Waals surface area (Å²) < 4.78 is 18.4. The van der Waals surface area contributed by atoms with Crippen LogP contribution in [0, 0.1) is 5.82 Å². The van der Waals surface area contributed by atoms with Crippen LogP contribution in [0.3, 0.4) is 0 Å². The quantitative estimate of drug-likeness (QED) is 0.674. The molecule has 1 amide bonds. The number of carbonyl (C=O) groups excluding carboxylic acids is 1. The molecule has 1 N–H and O–H groups in total. The Kier molecular flexibility index (Phi) is 7.94. The van der Waals surface area contributed by atoms with Crippen molar-refractivity contribution < 1.29 is 13.9 Å². The number of halogens is 1. The number of unbranched alkanes of at least 4 members (excludes halogenated alkanes) is 1. The minimum atomic E-state index is -0.216. The number of aryl methyl sites for hydroxylation is 1. The van der Waals surface area contributed by atoms with Gasteiger partial charge in [-0.25, -0.2) is 4.39 Å². The lowest BCUT2D eigenvalue weighted by atomic mass is 10.1. The maximum absolute atomic E-state index is 12.9. The van der Waals surface area contributed by atoms with E-state index >= 15 is 0 Å². The lowest BCUT2D eigenvalue weighted by Crippen LogP contribution is -2.43. The summed E-state index contributed by atoms with van der Waals surface area (Å²) in [5.41, 5.74) is 2.21. The molecule has 1 aromatic carbocycles. The van der Waals surface area contributed by atoms with Crippen molar-refractivity contribution in [3.05, 3.63) is 65.7 Å². The van der Waals surface area contributed by atoms with Crippen molar-refractivity contribution in [2.45, 2.75) is 31.7 Å². The van der Waals surface area contributed by atoms with Crippen LogP contribution in [-0.4, -0.2) is 48.6 Å². The molecule has 6 heteroatoms. The molecule has 0 spiro atoms. The number of carbonyl (C=O) groups is 1. The first-order chi connectivity index (χ1) is 13.7. The minimum Gasteiger partial charge on any atom is -0.379 e. The predicted molar refractivity (Wildman–Crippen MR) is 106 cm³/mol. The second-order valence-electron chi connectivity index (χ2n) is 7.09. The average Bonchev–Trinajstić information content (AvgIpc) is 2.74. The molecule has 1 unspecified atom stereocenters. The Bertz CT molecular complexity index is 718. The molecule has 2 heterocycles. The van der Waals surface area contributed by atoms with Crippen LogP contribution in [0.5, 0.6) is 0 Å². The van der Waals surface area contributed by atoms with E-state index in [1.54, 1.807) is 18.3 Å². The van der Waals surface area contributed by atoms with Crippen molar-refractivity contribution in [3.8, 4) is 0 Å². The van der Waals surface area contributed by atoms with Crippen LogP contribution in [-0.2, 0) is 16.0 Å². The standard InChI is InChI=1S/C22H28FN3O2/c23-20-9-7-18(8-10-20)4-1-2-6-22(27)25-17-21(19-5-3-11-24-16-19)26-12-14-28-15-13-26/h3,5,7-11,16,21H,1-2,4,6,12-15,17H2,(H,25,27). The van der Waals surface area contributed by atoms with Crippen LogP contribution < -0.4 is 5.32 Å². The lowest BCUT2D eigenvalue weighted by molar-refractivity contribution is -0.121. The monoisotopic (exact) mass is 385 g/mol. The van der Waals surface area contributed by atoms with Gasteiger partial charge in [-0.15, -0.1) is 0 Å². The second kappa shape index (κ2) is 10.9. The number of hydrogen-bond acceptors (Lipinski definition) is 4. The summed E-state index contributed by atoms with van der Waals surface area (Å²) in [7, 11) is 0. The fraction of sp³-hybridized carbons (Fsp3) is 0.455. The molecule has 5 nitrogen and oxygen atoms in total. The summed E-state index contributed by atoms with van der Waals surface area (Å²) in [5.74, 6) is -0.146. The van der Waals surface area contributed by atoms with Gasteiger partial charge in [0.25, 0.3) is 0 Å². The summed E-state index contributed by atoms with van der Waals surface area (Å²) in [6, 6.07) is 10.7. The van der Waals surface area contributed by atoms with Gasteiger partial charge in [-0.1, -0.05) is 18.2 Å². The number of morpholine rings is 1. The second-order valence-corrected chi connectivity index (χ2v) is 7.09. The number of aromatic nitrogens is 1. The van der Waals surface area contributed by atoms with Crippen molar-refractivity contribution in [2.75, 3.05) is 32.8 Å². The Morgan fingerprint density at radius 2 is 1.96 bits per heavy atom. The molecule has 0 bridgehead atoms. The van der Waals surface area contributed by atoms with Crippen molar-refractivity contribution in [1.29, 1.82) is 0 Å². The molecule has 1 atom stereocenters. The van der Waals surface area contributed by atoms with Gasteiger partial charge in [0.1, 0.15) is 5.82 Å². The number of amides is 1. The third-order valence-corrected chi connectivity index (χ3v) is 5.08. The van der Waals surface area contributed by atoms with Crippen LogP contribution in [0.1, 0.15) is 36.4 Å². The topological polar surface area (TPSA) is 54.5 Å². The molecule has 1 saturated heterocycles. The van der Waals surface area contributed by atoms with Gasteiger partial charge in [-0.05, 0) is 48.6 Å². The summed E-state index contributed by atoms with van der Waals surface area (Å²) in [4.78, 5) is 18.9. The van der Waals surface area contributed by atoms with E-state index in [-0.39, 0.29) is 17.8 Å². The third-order valence-electron chi connectivity index (χ3n) is 5.08. The van der Waals surface area contributed by atoms with E-state index in [1.165, 1.54) is 12.1 Å². The van der Waals surface area contributed by atoms with Gasteiger partial charge in [-0.3, -0.25) is 14.7 Å². The van der Waals surface area contributed by atoms with E-state index in [9.17, 15) is 9.18 Å². The molecule has 1 aliphatic rings. The van der Waals surface area contributed by atoms with Gasteiger partial charge in [0.2, 0.25) is 5.91 Å². The Morgan fingerprint density at radius 1 is 1.18 bits per heavy atom. The highest BCUT2D eigenvalue weighted by Gasteiger charge is 2.23. The van der Waals surface area contributed by atoms with Gasteiger partial charge in [0, 0.05) is 38.4 Å². The van der Waals surface area contributed by atoms with Crippen LogP contribution in [0.2, 0.25) is 0 Å². The maximum Gasteiger partial charge on any atom is 0.220 e. The Hall–Kier alpha value is -2.31. The lowest BCUT2D eigenvalue weighted by Gasteiger charge is -2.34. The molecular formula is C22H28FN3O2. The van der Waals surface area contributed by atoms with Gasteiger partial charge < -0.3 is 10.1 Å². The summed E-state index contributed by atoms with van der Waals surface area (Å²) in [6.07, 6.45) is 6.73. The van der Waals surface area contributed by atoms with Crippen LogP contribution in [0.4, 0.5) is 4.39 Å². The Labute approximate surface area is 165 Å². The van der Waals surface area contributed by atoms with E-state index < -0.39 is 0 Å². The molecule has 0 aliphatic carbocycles. The average molecular weight is 385 g/mol. The van der Waals surface area contributed by atoms with Crippen LogP contribution in [0.25, 0.3) is 0 Å². The molecule has 1 aromatic heterocycles. The zero-order valence-corrected chi connectivity index (χ0v) is 16.1. The third kappa shape index (κ3) is 6.39. The van der Waals surface area contributed by atoms with E-state index in [0.29, 0.717) is 26.2 Å². The fourth-order valence-corrected chi connectivity index (χ4v) is 3.48. The van der Waals surface area contributed by atoms with Gasteiger partial charge in [0.05, 0.1) is 19.3 Å². The fourth-order valence-electron chi connectivity index (χ4n) is 3.48. The van der Waals surface area contributed by atoms with E-state index in [4.69, 9.17) is 4.74 Å². The van der Waals surface area contributed by atoms with Gasteiger partial charge in [0.15, 0.2) is 0 Å². The highest BCUT2D eigenvalue weighted by molar-refractivity contribution is 5.75. The molecule has 2 aromatic rings. The number of ether oxygens (including phenoxy) is 1. The van der Waals surface area contributed by atoms with Crippen LogP contribution >= 0.6 is 0 Å². The SMILES string of the molecule is O=C(CCCCc1ccc(F)cc1)NCC(c1cccnc1)N1CCOCC1. The number of rotatable bonds is 9. The molecule has 150 valence electrons. The highest BCUT2D eigenvalue weighted by Crippen LogP contribution is 2.20. The smallest absolute Gasteiger partial charge is 0.220 e. The van der Waals surface area contributed by atoms with E-state index in [1.807, 2.05) is 12.3 Å². The molecular weight excluding hydrogens is 357 g/mol. The summed E-state index contributed by atoms with van der Waals surface area (Å²) in [5, 5.41) is 3.09. The van der Waals surface area contributed by atoms with Crippen molar-refractivity contribution in [2.24, 2.45) is 0 Å². The number of benzene rings is 1. The Morgan fingerprint density at radius 3 is 2.68 bits per heavy atom. The summed E-state index contributed by atoms with van der Waals surface area (Å²) in [6.45, 7) is 3.71. The van der Waals surface area contributed by atoms with Crippen molar-refractivity contribution in [3.63, 3.8) is 0 Å². The number of pyridine rings is 1. The first kappa shape index (κ1) is 20.4. The zero-order chi connectivity index (χ0) is 19.6. The van der Waals surface area contributed by atoms with Crippen molar-refractivity contribution >= 4 is 5.91 Å². The van der Waals surface area contributed by atoms with Crippen LogP contribution in [0.15, 0.2) is 48.8 Å². The Balaban J connectivity index is 1.43. The molecule has 1 fully saturated rings. The van der Waals surface area contributed by atoms with Crippen molar-refractivity contribution in [1.82, 2.24) is 15.2 Å². The zero-order valence-electron chi connectivity index (χ0n) is 16.1. The first-order valence-corrected chi connectivity index (χ1v) is 9.95. The van der Waals surface area contributed by atoms with Gasteiger partial charge >= 0.3 is 0 Å². The van der Waals surface area contributed by atoms with E-state index in [0.717, 1.165) is 43.5 Å². The summed E-state index contributed by atoms with van der Waals surface area (Å²) >= 11 is 0. The number of nitrogens with one attached hydrogen (secondary N) is 1. The molecule has 0 radical (unpaired) electrons. The normalized spacial score (nSPS) is 15.9.